The zero-order valence-corrected chi connectivity index (χ0v) is 12.4. The van der Waals surface area contributed by atoms with Crippen LogP contribution in [0.3, 0.4) is 0 Å². The zero-order chi connectivity index (χ0) is 14.2. The topological polar surface area (TPSA) is 54.7 Å². The molecule has 0 radical (unpaired) electrons. The summed E-state index contributed by atoms with van der Waals surface area (Å²) >= 11 is 0. The van der Waals surface area contributed by atoms with E-state index < -0.39 is 0 Å². The van der Waals surface area contributed by atoms with Gasteiger partial charge in [0.1, 0.15) is 5.82 Å². The van der Waals surface area contributed by atoms with E-state index in [2.05, 4.69) is 62.8 Å². The smallest absolute Gasteiger partial charge is 0.124 e. The van der Waals surface area contributed by atoms with Gasteiger partial charge in [0.25, 0.3) is 0 Å². The molecule has 0 bridgehead atoms. The van der Waals surface area contributed by atoms with Gasteiger partial charge in [-0.2, -0.15) is 0 Å². The SMILES string of the molecule is Cc1cc(C)cc(-c2cnc([C@@H](N)C(C)(C)C)[nH]2)c1. The number of nitrogens with one attached hydrogen (secondary N) is 1. The van der Waals surface area contributed by atoms with Crippen molar-refractivity contribution in [2.45, 2.75) is 40.7 Å². The average Bonchev–Trinajstić information content (AvgIpc) is 2.74. The maximum Gasteiger partial charge on any atom is 0.124 e. The van der Waals surface area contributed by atoms with E-state index >= 15 is 0 Å². The molecule has 3 N–H and O–H groups in total. The Kier molecular flexibility index (Phi) is 3.50. The molecule has 0 spiro atoms. The molecule has 19 heavy (non-hydrogen) atoms. The third-order valence-electron chi connectivity index (χ3n) is 3.36. The number of aryl methyl sites for hydroxylation is 2. The lowest BCUT2D eigenvalue weighted by Crippen LogP contribution is -2.27. The number of imidazole rings is 1. The van der Waals surface area contributed by atoms with Crippen molar-refractivity contribution in [1.29, 1.82) is 0 Å². The first kappa shape index (κ1) is 13.8. The Balaban J connectivity index is 2.36. The van der Waals surface area contributed by atoms with Crippen LogP contribution < -0.4 is 5.73 Å². The van der Waals surface area contributed by atoms with Crippen LogP contribution in [0.4, 0.5) is 0 Å². The molecule has 0 saturated heterocycles. The lowest BCUT2D eigenvalue weighted by Gasteiger charge is -2.25. The summed E-state index contributed by atoms with van der Waals surface area (Å²) in [6.45, 7) is 10.6. The Morgan fingerprint density at radius 1 is 1.11 bits per heavy atom. The molecule has 1 aromatic heterocycles. The van der Waals surface area contributed by atoms with Crippen molar-refractivity contribution < 1.29 is 0 Å². The summed E-state index contributed by atoms with van der Waals surface area (Å²) in [5.41, 5.74) is 10.9. The molecule has 1 heterocycles. The highest BCUT2D eigenvalue weighted by atomic mass is 15.0. The number of hydrogen-bond donors (Lipinski definition) is 2. The van der Waals surface area contributed by atoms with Gasteiger partial charge in [0.2, 0.25) is 0 Å². The van der Waals surface area contributed by atoms with E-state index in [0.29, 0.717) is 0 Å². The van der Waals surface area contributed by atoms with E-state index in [1.807, 2.05) is 6.20 Å². The minimum Gasteiger partial charge on any atom is -0.341 e. The Morgan fingerprint density at radius 2 is 1.68 bits per heavy atom. The van der Waals surface area contributed by atoms with Gasteiger partial charge >= 0.3 is 0 Å². The lowest BCUT2D eigenvalue weighted by molar-refractivity contribution is 0.317. The Hall–Kier alpha value is -1.61. The maximum absolute atomic E-state index is 6.23. The van der Waals surface area contributed by atoms with Crippen molar-refractivity contribution in [2.24, 2.45) is 11.1 Å². The molecule has 0 saturated carbocycles. The van der Waals surface area contributed by atoms with E-state index in [9.17, 15) is 0 Å². The van der Waals surface area contributed by atoms with Crippen LogP contribution in [-0.2, 0) is 0 Å². The first-order valence-electron chi connectivity index (χ1n) is 6.66. The van der Waals surface area contributed by atoms with Crippen molar-refractivity contribution in [3.05, 3.63) is 41.3 Å². The molecule has 2 aromatic rings. The quantitative estimate of drug-likeness (QED) is 0.861. The molecule has 102 valence electrons. The van der Waals surface area contributed by atoms with Gasteiger partial charge in [0.05, 0.1) is 17.9 Å². The summed E-state index contributed by atoms with van der Waals surface area (Å²) in [6.07, 6.45) is 1.87. The number of nitrogens with two attached hydrogens (primary N) is 1. The fraction of sp³-hybridized carbons (Fsp3) is 0.438. The Labute approximate surface area is 115 Å². The molecule has 0 fully saturated rings. The summed E-state index contributed by atoms with van der Waals surface area (Å²) in [5.74, 6) is 0.849. The number of aromatic amines is 1. The molecule has 0 aliphatic heterocycles. The summed E-state index contributed by atoms with van der Waals surface area (Å²) in [6, 6.07) is 6.40. The third-order valence-corrected chi connectivity index (χ3v) is 3.36. The first-order chi connectivity index (χ1) is 8.77. The molecular formula is C16H23N3. The fourth-order valence-corrected chi connectivity index (χ4v) is 2.18. The fourth-order valence-electron chi connectivity index (χ4n) is 2.18. The standard InChI is InChI=1S/C16H23N3/c1-10-6-11(2)8-12(7-10)13-9-18-15(19-13)14(17)16(3,4)5/h6-9,14H,17H2,1-5H3,(H,18,19)/t14-/m1/s1. The number of hydrogen-bond acceptors (Lipinski definition) is 2. The highest BCUT2D eigenvalue weighted by Gasteiger charge is 2.24. The minimum absolute atomic E-state index is 0.00234. The van der Waals surface area contributed by atoms with Crippen molar-refractivity contribution in [1.82, 2.24) is 9.97 Å². The third kappa shape index (κ3) is 3.04. The largest absolute Gasteiger partial charge is 0.341 e. The predicted molar refractivity (Wildman–Crippen MR) is 79.9 cm³/mol. The van der Waals surface area contributed by atoms with Crippen LogP contribution >= 0.6 is 0 Å². The second kappa shape index (κ2) is 4.82. The zero-order valence-electron chi connectivity index (χ0n) is 12.4. The van der Waals surface area contributed by atoms with Gasteiger partial charge in [0.15, 0.2) is 0 Å². The average molecular weight is 257 g/mol. The molecule has 2 rings (SSSR count). The summed E-state index contributed by atoms with van der Waals surface area (Å²) in [4.78, 5) is 7.79. The molecule has 1 atom stereocenters. The van der Waals surface area contributed by atoms with E-state index in [4.69, 9.17) is 5.73 Å². The van der Waals surface area contributed by atoms with Gasteiger partial charge in [-0.25, -0.2) is 4.98 Å². The van der Waals surface area contributed by atoms with Gasteiger partial charge in [0, 0.05) is 5.56 Å². The van der Waals surface area contributed by atoms with Crippen molar-refractivity contribution in [2.75, 3.05) is 0 Å². The minimum atomic E-state index is -0.0906. The van der Waals surface area contributed by atoms with Crippen LogP contribution in [0.15, 0.2) is 24.4 Å². The van der Waals surface area contributed by atoms with Crippen LogP contribution in [0, 0.1) is 19.3 Å². The van der Waals surface area contributed by atoms with E-state index in [0.717, 1.165) is 17.1 Å². The van der Waals surface area contributed by atoms with Crippen molar-refractivity contribution >= 4 is 0 Å². The van der Waals surface area contributed by atoms with Gasteiger partial charge in [-0.15, -0.1) is 0 Å². The number of nitrogens with zero attached hydrogens (tertiary/aromatic N) is 1. The maximum atomic E-state index is 6.23. The van der Waals surface area contributed by atoms with E-state index in [1.165, 1.54) is 11.1 Å². The van der Waals surface area contributed by atoms with Crippen LogP contribution in [-0.4, -0.2) is 9.97 Å². The van der Waals surface area contributed by atoms with Crippen LogP contribution in [0.1, 0.15) is 43.8 Å². The summed E-state index contributed by atoms with van der Waals surface area (Å²) in [5, 5.41) is 0. The second-order valence-electron chi connectivity index (χ2n) is 6.40. The summed E-state index contributed by atoms with van der Waals surface area (Å²) in [7, 11) is 0. The first-order valence-corrected chi connectivity index (χ1v) is 6.66. The van der Waals surface area contributed by atoms with Crippen LogP contribution in [0.2, 0.25) is 0 Å². The van der Waals surface area contributed by atoms with Crippen LogP contribution in [0.25, 0.3) is 11.3 Å². The molecule has 0 unspecified atom stereocenters. The molecule has 3 nitrogen and oxygen atoms in total. The van der Waals surface area contributed by atoms with E-state index in [1.54, 1.807) is 0 Å². The Bertz CT molecular complexity index is 556. The Morgan fingerprint density at radius 3 is 2.21 bits per heavy atom. The normalized spacial score (nSPS) is 13.6. The number of rotatable bonds is 2. The van der Waals surface area contributed by atoms with Crippen molar-refractivity contribution in [3.8, 4) is 11.3 Å². The predicted octanol–water partition coefficient (Wildman–Crippen LogP) is 3.74. The summed E-state index contributed by atoms with van der Waals surface area (Å²) < 4.78 is 0. The molecule has 0 amide bonds. The lowest BCUT2D eigenvalue weighted by atomic mass is 9.87. The number of H-pyrrole nitrogens is 1. The molecular weight excluding hydrogens is 234 g/mol. The van der Waals surface area contributed by atoms with E-state index in [-0.39, 0.29) is 11.5 Å². The highest BCUT2D eigenvalue weighted by molar-refractivity contribution is 5.60. The number of aromatic nitrogens is 2. The van der Waals surface area contributed by atoms with Gasteiger partial charge in [-0.05, 0) is 31.4 Å². The monoisotopic (exact) mass is 257 g/mol. The van der Waals surface area contributed by atoms with Crippen molar-refractivity contribution in [3.63, 3.8) is 0 Å². The highest BCUT2D eigenvalue weighted by Crippen LogP contribution is 2.30. The number of benzene rings is 1. The molecule has 0 aliphatic rings. The van der Waals surface area contributed by atoms with Gasteiger partial charge in [-0.3, -0.25) is 0 Å². The van der Waals surface area contributed by atoms with Gasteiger partial charge in [-0.1, -0.05) is 38.0 Å². The molecule has 1 aromatic carbocycles. The molecule has 0 aliphatic carbocycles. The van der Waals surface area contributed by atoms with Gasteiger partial charge < -0.3 is 10.7 Å². The second-order valence-corrected chi connectivity index (χ2v) is 6.40. The molecule has 3 heteroatoms. The van der Waals surface area contributed by atoms with Crippen LogP contribution in [0.5, 0.6) is 0 Å².